The highest BCUT2D eigenvalue weighted by atomic mass is 16.6. The van der Waals surface area contributed by atoms with Gasteiger partial charge in [-0.15, -0.1) is 0 Å². The minimum absolute atomic E-state index is 0.281. The van der Waals surface area contributed by atoms with Gasteiger partial charge in [0.25, 0.3) is 0 Å². The molecule has 0 spiro atoms. The molecular formula is C16H13N3O4. The molecule has 3 aromatic rings. The maximum absolute atomic E-state index is 12.3. The molecule has 2 heterocycles. The third kappa shape index (κ3) is 2.76. The van der Waals surface area contributed by atoms with Crippen molar-refractivity contribution in [2.45, 2.75) is 13.3 Å². The highest BCUT2D eigenvalue weighted by Crippen LogP contribution is 2.27. The third-order valence-corrected chi connectivity index (χ3v) is 3.41. The number of pyridine rings is 1. The molecule has 7 nitrogen and oxygen atoms in total. The van der Waals surface area contributed by atoms with Crippen molar-refractivity contribution in [3.8, 4) is 11.6 Å². The fourth-order valence-corrected chi connectivity index (χ4v) is 2.19. The van der Waals surface area contributed by atoms with Crippen LogP contribution in [0.4, 0.5) is 5.69 Å². The fraction of sp³-hybridized carbons (Fsp3) is 0.125. The molecule has 0 N–H and O–H groups in total. The van der Waals surface area contributed by atoms with Gasteiger partial charge in [0.2, 0.25) is 0 Å². The minimum Gasteiger partial charge on any atom is -0.433 e. The summed E-state index contributed by atoms with van der Waals surface area (Å²) in [5, 5.41) is 11.2. The Hall–Kier alpha value is -3.22. The van der Waals surface area contributed by atoms with Gasteiger partial charge in [-0.25, -0.2) is 0 Å². The van der Waals surface area contributed by atoms with Gasteiger partial charge in [0.1, 0.15) is 11.4 Å². The van der Waals surface area contributed by atoms with Crippen molar-refractivity contribution in [3.05, 3.63) is 74.7 Å². The fourth-order valence-electron chi connectivity index (χ4n) is 2.19. The minimum atomic E-state index is -0.777. The van der Waals surface area contributed by atoms with Gasteiger partial charge in [0, 0.05) is 6.20 Å². The molecule has 23 heavy (non-hydrogen) atoms. The molecule has 2 aromatic heterocycles. The molecule has 0 bridgehead atoms. The van der Waals surface area contributed by atoms with Crippen molar-refractivity contribution in [3.63, 3.8) is 0 Å². The van der Waals surface area contributed by atoms with E-state index < -0.39 is 16.2 Å². The van der Waals surface area contributed by atoms with E-state index in [2.05, 4.69) is 4.98 Å². The number of ether oxygens (including phenoxy) is 1. The normalized spacial score (nSPS) is 10.7. The molecule has 0 saturated carbocycles. The first-order chi connectivity index (χ1) is 11.1. The molecule has 0 radical (unpaired) electrons. The molecule has 7 heteroatoms. The van der Waals surface area contributed by atoms with Crippen LogP contribution < -0.4 is 10.3 Å². The van der Waals surface area contributed by atoms with Gasteiger partial charge in [-0.2, -0.15) is 4.98 Å². The topological polar surface area (TPSA) is 86.7 Å². The van der Waals surface area contributed by atoms with E-state index >= 15 is 0 Å². The van der Waals surface area contributed by atoms with Gasteiger partial charge in [0.15, 0.2) is 0 Å². The van der Waals surface area contributed by atoms with Gasteiger partial charge in [-0.05, 0) is 36.2 Å². The van der Waals surface area contributed by atoms with Crippen LogP contribution in [-0.2, 0) is 6.42 Å². The lowest BCUT2D eigenvalue weighted by Gasteiger charge is -2.07. The zero-order valence-electron chi connectivity index (χ0n) is 12.3. The second-order valence-electron chi connectivity index (χ2n) is 4.86. The van der Waals surface area contributed by atoms with E-state index in [9.17, 15) is 14.9 Å². The molecule has 116 valence electrons. The summed E-state index contributed by atoms with van der Waals surface area (Å²) in [6, 6.07) is 12.0. The Bertz CT molecular complexity index is 932. The molecule has 0 fully saturated rings. The molecule has 0 unspecified atom stereocenters. The lowest BCUT2D eigenvalue weighted by atomic mass is 10.2. The summed E-state index contributed by atoms with van der Waals surface area (Å²) in [7, 11) is 0. The summed E-state index contributed by atoms with van der Waals surface area (Å²) in [6.07, 6.45) is 2.30. The maximum Gasteiger partial charge on any atom is 0.396 e. The average molecular weight is 311 g/mol. The monoisotopic (exact) mass is 311 g/mol. The second-order valence-corrected chi connectivity index (χ2v) is 4.86. The van der Waals surface area contributed by atoms with Crippen molar-refractivity contribution < 1.29 is 9.66 Å². The van der Waals surface area contributed by atoms with Crippen molar-refractivity contribution >= 4 is 11.3 Å². The van der Waals surface area contributed by atoms with Crippen molar-refractivity contribution in [2.24, 2.45) is 0 Å². The number of aromatic nitrogens is 2. The Morgan fingerprint density at radius 3 is 2.61 bits per heavy atom. The van der Waals surface area contributed by atoms with Crippen LogP contribution in [0.25, 0.3) is 5.65 Å². The zero-order chi connectivity index (χ0) is 16.4. The number of aryl methyl sites for hydroxylation is 1. The first kappa shape index (κ1) is 14.7. The second kappa shape index (κ2) is 5.88. The third-order valence-electron chi connectivity index (χ3n) is 3.41. The summed E-state index contributed by atoms with van der Waals surface area (Å²) in [4.78, 5) is 26.9. The molecule has 0 atom stereocenters. The van der Waals surface area contributed by atoms with E-state index in [-0.39, 0.29) is 11.5 Å². The van der Waals surface area contributed by atoms with Crippen LogP contribution in [-0.4, -0.2) is 14.3 Å². The number of rotatable bonds is 4. The van der Waals surface area contributed by atoms with Gasteiger partial charge in [-0.3, -0.25) is 19.3 Å². The molecule has 3 rings (SSSR count). The van der Waals surface area contributed by atoms with Crippen LogP contribution in [0, 0.1) is 10.1 Å². The Labute approximate surface area is 130 Å². The number of nitro groups is 1. The lowest BCUT2D eigenvalue weighted by Crippen LogP contribution is -2.19. The molecule has 0 saturated heterocycles. The van der Waals surface area contributed by atoms with Crippen molar-refractivity contribution in [1.82, 2.24) is 9.38 Å². The maximum atomic E-state index is 12.3. The number of benzene rings is 1. The summed E-state index contributed by atoms with van der Waals surface area (Å²) < 4.78 is 6.61. The molecule has 0 aliphatic carbocycles. The standard InChI is InChI=1S/C16H13N3O4/c1-2-11-6-8-12(9-7-11)23-15-14(19(21)22)16(20)18-10-4-3-5-13(18)17-15/h3-10H,2H2,1H3. The Kier molecular flexibility index (Phi) is 3.76. The number of fused-ring (bicyclic) bond motifs is 1. The molecule has 0 aliphatic heterocycles. The van der Waals surface area contributed by atoms with Crippen molar-refractivity contribution in [2.75, 3.05) is 0 Å². The highest BCUT2D eigenvalue weighted by Gasteiger charge is 2.25. The quantitative estimate of drug-likeness (QED) is 0.546. The van der Waals surface area contributed by atoms with E-state index in [1.807, 2.05) is 19.1 Å². The van der Waals surface area contributed by atoms with Crippen LogP contribution in [0.2, 0.25) is 0 Å². The van der Waals surface area contributed by atoms with Gasteiger partial charge < -0.3 is 4.74 Å². The van der Waals surface area contributed by atoms with Gasteiger partial charge >= 0.3 is 17.1 Å². The highest BCUT2D eigenvalue weighted by molar-refractivity contribution is 5.50. The number of hydrogen-bond donors (Lipinski definition) is 0. The van der Waals surface area contributed by atoms with Crippen LogP contribution >= 0.6 is 0 Å². The predicted molar refractivity (Wildman–Crippen MR) is 84.0 cm³/mol. The van der Waals surface area contributed by atoms with Gasteiger partial charge in [0.05, 0.1) is 4.92 Å². The van der Waals surface area contributed by atoms with E-state index in [0.717, 1.165) is 16.4 Å². The molecule has 1 aromatic carbocycles. The predicted octanol–water partition coefficient (Wildman–Crippen LogP) is 2.96. The first-order valence-corrected chi connectivity index (χ1v) is 7.02. The Morgan fingerprint density at radius 1 is 1.22 bits per heavy atom. The number of nitrogens with zero attached hydrogens (tertiary/aromatic N) is 3. The van der Waals surface area contributed by atoms with E-state index in [0.29, 0.717) is 5.75 Å². The van der Waals surface area contributed by atoms with Crippen LogP contribution in [0.5, 0.6) is 11.6 Å². The van der Waals surface area contributed by atoms with Gasteiger partial charge in [-0.1, -0.05) is 25.1 Å². The first-order valence-electron chi connectivity index (χ1n) is 7.02. The zero-order valence-corrected chi connectivity index (χ0v) is 12.3. The summed E-state index contributed by atoms with van der Waals surface area (Å²) in [5.74, 6) is 0.0768. The summed E-state index contributed by atoms with van der Waals surface area (Å²) in [6.45, 7) is 2.02. The molecular weight excluding hydrogens is 298 g/mol. The van der Waals surface area contributed by atoms with E-state index in [1.54, 1.807) is 30.3 Å². The van der Waals surface area contributed by atoms with E-state index in [1.165, 1.54) is 6.20 Å². The van der Waals surface area contributed by atoms with Crippen LogP contribution in [0.3, 0.4) is 0 Å². The number of hydrogen-bond acceptors (Lipinski definition) is 5. The average Bonchev–Trinajstić information content (AvgIpc) is 2.55. The lowest BCUT2D eigenvalue weighted by molar-refractivity contribution is -0.387. The molecule has 0 aliphatic rings. The van der Waals surface area contributed by atoms with Crippen LogP contribution in [0.1, 0.15) is 12.5 Å². The van der Waals surface area contributed by atoms with Crippen molar-refractivity contribution in [1.29, 1.82) is 0 Å². The smallest absolute Gasteiger partial charge is 0.396 e. The Morgan fingerprint density at radius 2 is 1.96 bits per heavy atom. The summed E-state index contributed by atoms with van der Waals surface area (Å²) >= 11 is 0. The molecule has 0 amide bonds. The van der Waals surface area contributed by atoms with Crippen LogP contribution in [0.15, 0.2) is 53.5 Å². The largest absolute Gasteiger partial charge is 0.433 e. The summed E-state index contributed by atoms with van der Waals surface area (Å²) in [5.41, 5.74) is -0.0734. The Balaban J connectivity index is 2.13. The van der Waals surface area contributed by atoms with E-state index in [4.69, 9.17) is 4.74 Å². The SMILES string of the molecule is CCc1ccc(Oc2nc3ccccn3c(=O)c2[N+](=O)[O-])cc1.